The van der Waals surface area contributed by atoms with Gasteiger partial charge in [-0.2, -0.15) is 0 Å². The van der Waals surface area contributed by atoms with Crippen molar-refractivity contribution in [1.29, 1.82) is 0 Å². The third-order valence-electron chi connectivity index (χ3n) is 10.9. The fraction of sp³-hybridized carbons (Fsp3) is 0.163. The number of amides is 2. The molecule has 1 saturated heterocycles. The van der Waals surface area contributed by atoms with Crippen LogP contribution in [0.25, 0.3) is 33.7 Å². The highest BCUT2D eigenvalue weighted by Crippen LogP contribution is 2.44. The predicted octanol–water partition coefficient (Wildman–Crippen LogP) is 10.5. The number of aromatic nitrogens is 1. The summed E-state index contributed by atoms with van der Waals surface area (Å²) >= 11 is 1.52. The smallest absolute Gasteiger partial charge is 0.261 e. The SMILES string of the molecule is C[C@H]1[C@@H](CSc2nc(-c3ccccc3)c(-c3ccccc3)o2)O[C@@H](c2ccc(-c3ccccc3CN3C(=O)c4ccccc4C3=O)cc2)O[C@H]1c1ccc(CO)cc1. The van der Waals surface area contributed by atoms with Crippen LogP contribution >= 0.6 is 11.8 Å². The van der Waals surface area contributed by atoms with Crippen LogP contribution in [-0.4, -0.2) is 38.7 Å². The highest BCUT2D eigenvalue weighted by atomic mass is 32.2. The monoisotopic (exact) mass is 784 g/mol. The molecule has 6 aromatic carbocycles. The molecule has 0 spiro atoms. The van der Waals surface area contributed by atoms with Crippen molar-refractivity contribution in [2.75, 3.05) is 5.75 Å². The van der Waals surface area contributed by atoms with Crippen LogP contribution in [-0.2, 0) is 22.6 Å². The summed E-state index contributed by atoms with van der Waals surface area (Å²) in [5, 5.41) is 10.3. The number of carbonyl (C=O) groups is 2. The van der Waals surface area contributed by atoms with Crippen LogP contribution in [0, 0.1) is 5.92 Å². The number of rotatable bonds is 11. The van der Waals surface area contributed by atoms with E-state index in [1.54, 1.807) is 24.3 Å². The van der Waals surface area contributed by atoms with Gasteiger partial charge in [0.1, 0.15) is 5.69 Å². The molecule has 4 atom stereocenters. The number of oxazole rings is 1. The van der Waals surface area contributed by atoms with Crippen molar-refractivity contribution >= 4 is 23.6 Å². The van der Waals surface area contributed by atoms with E-state index in [9.17, 15) is 14.7 Å². The molecule has 8 nitrogen and oxygen atoms in total. The van der Waals surface area contributed by atoms with Crippen LogP contribution in [0.5, 0.6) is 0 Å². The largest absolute Gasteiger partial charge is 0.431 e. The zero-order valence-corrected chi connectivity index (χ0v) is 32.5. The van der Waals surface area contributed by atoms with E-state index in [4.69, 9.17) is 18.9 Å². The number of fused-ring (bicyclic) bond motifs is 1. The maximum Gasteiger partial charge on any atom is 0.261 e. The first-order valence-corrected chi connectivity index (χ1v) is 20.3. The molecule has 0 radical (unpaired) electrons. The van der Waals surface area contributed by atoms with Gasteiger partial charge in [-0.3, -0.25) is 14.5 Å². The van der Waals surface area contributed by atoms with Gasteiger partial charge in [-0.1, -0.05) is 164 Å². The van der Waals surface area contributed by atoms with Crippen molar-refractivity contribution < 1.29 is 28.6 Å². The van der Waals surface area contributed by atoms with Crippen molar-refractivity contribution in [2.24, 2.45) is 5.92 Å². The van der Waals surface area contributed by atoms with Crippen molar-refractivity contribution in [3.63, 3.8) is 0 Å². The average Bonchev–Trinajstić information content (AvgIpc) is 3.82. The first kappa shape index (κ1) is 37.5. The zero-order chi connectivity index (χ0) is 39.6. The van der Waals surface area contributed by atoms with Gasteiger partial charge in [0, 0.05) is 28.4 Å². The molecule has 2 aliphatic rings. The molecule has 7 aromatic rings. The Hall–Kier alpha value is -6.10. The summed E-state index contributed by atoms with van der Waals surface area (Å²) in [4.78, 5) is 32.7. The molecule has 3 heterocycles. The molecule has 2 amide bonds. The lowest BCUT2D eigenvalue weighted by Crippen LogP contribution is -2.38. The lowest BCUT2D eigenvalue weighted by molar-refractivity contribution is -0.268. The lowest BCUT2D eigenvalue weighted by atomic mass is 9.91. The zero-order valence-electron chi connectivity index (χ0n) is 31.7. The summed E-state index contributed by atoms with van der Waals surface area (Å²) in [7, 11) is 0. The summed E-state index contributed by atoms with van der Waals surface area (Å²) in [5.41, 5.74) is 9.02. The van der Waals surface area contributed by atoms with Crippen molar-refractivity contribution in [2.45, 2.75) is 43.8 Å². The Labute approximate surface area is 341 Å². The van der Waals surface area contributed by atoms with Gasteiger partial charge in [0.05, 0.1) is 36.5 Å². The van der Waals surface area contributed by atoms with Crippen LogP contribution in [0.15, 0.2) is 167 Å². The van der Waals surface area contributed by atoms with Crippen molar-refractivity contribution in [1.82, 2.24) is 9.88 Å². The first-order valence-electron chi connectivity index (χ1n) is 19.3. The molecule has 9 heteroatoms. The van der Waals surface area contributed by atoms with Gasteiger partial charge in [-0.25, -0.2) is 4.98 Å². The number of carbonyl (C=O) groups excluding carboxylic acids is 2. The Morgan fingerprint density at radius 3 is 1.88 bits per heavy atom. The number of aliphatic hydroxyl groups is 1. The molecular weight excluding hydrogens is 745 g/mol. The fourth-order valence-electron chi connectivity index (χ4n) is 7.72. The van der Waals surface area contributed by atoms with E-state index in [0.29, 0.717) is 22.1 Å². The molecule has 2 aliphatic heterocycles. The van der Waals surface area contributed by atoms with E-state index in [2.05, 4.69) is 6.92 Å². The maximum absolute atomic E-state index is 13.2. The first-order chi connectivity index (χ1) is 28.4. The number of aliphatic hydroxyl groups excluding tert-OH is 1. The quantitative estimate of drug-likeness (QED) is 0.102. The number of nitrogens with zero attached hydrogens (tertiary/aromatic N) is 2. The summed E-state index contributed by atoms with van der Waals surface area (Å²) < 4.78 is 20.0. The summed E-state index contributed by atoms with van der Waals surface area (Å²) in [6.07, 6.45) is -1.20. The Kier molecular flexibility index (Phi) is 10.6. The Morgan fingerprint density at radius 2 is 1.22 bits per heavy atom. The molecule has 0 unspecified atom stereocenters. The molecule has 288 valence electrons. The number of imide groups is 1. The number of benzene rings is 6. The number of hydrogen-bond acceptors (Lipinski definition) is 8. The van der Waals surface area contributed by atoms with Crippen molar-refractivity contribution in [3.05, 3.63) is 191 Å². The van der Waals surface area contributed by atoms with Gasteiger partial charge >= 0.3 is 0 Å². The highest BCUT2D eigenvalue weighted by Gasteiger charge is 2.39. The predicted molar refractivity (Wildman–Crippen MR) is 224 cm³/mol. The molecule has 0 saturated carbocycles. The van der Waals surface area contributed by atoms with Gasteiger partial charge in [0.2, 0.25) is 0 Å². The Bertz CT molecular complexity index is 2470. The lowest BCUT2D eigenvalue weighted by Gasteiger charge is -2.41. The van der Waals surface area contributed by atoms with Gasteiger partial charge < -0.3 is 19.0 Å². The van der Waals surface area contributed by atoms with E-state index in [1.165, 1.54) is 16.7 Å². The summed E-state index contributed by atoms with van der Waals surface area (Å²) in [6.45, 7) is 2.27. The Balaban J connectivity index is 0.977. The second-order valence-corrected chi connectivity index (χ2v) is 15.5. The molecule has 58 heavy (non-hydrogen) atoms. The van der Waals surface area contributed by atoms with Gasteiger partial charge in [0.15, 0.2) is 12.1 Å². The summed E-state index contributed by atoms with van der Waals surface area (Å²) in [5.74, 6) is 0.694. The van der Waals surface area contributed by atoms with E-state index < -0.39 is 6.29 Å². The minimum Gasteiger partial charge on any atom is -0.431 e. The molecule has 0 bridgehead atoms. The second kappa shape index (κ2) is 16.4. The van der Waals surface area contributed by atoms with E-state index in [1.807, 2.05) is 133 Å². The normalized spacial score (nSPS) is 19.0. The van der Waals surface area contributed by atoms with E-state index in [0.717, 1.165) is 56.0 Å². The molecule has 0 aliphatic carbocycles. The maximum atomic E-state index is 13.2. The molecule has 1 fully saturated rings. The number of thioether (sulfide) groups is 1. The van der Waals surface area contributed by atoms with Gasteiger partial charge in [-0.05, 0) is 39.9 Å². The highest BCUT2D eigenvalue weighted by molar-refractivity contribution is 7.99. The van der Waals surface area contributed by atoms with Gasteiger partial charge in [-0.15, -0.1) is 0 Å². The molecule has 1 aromatic heterocycles. The van der Waals surface area contributed by atoms with Crippen LogP contribution < -0.4 is 0 Å². The number of ether oxygens (including phenoxy) is 2. The van der Waals surface area contributed by atoms with Gasteiger partial charge in [0.25, 0.3) is 17.0 Å². The average molecular weight is 785 g/mol. The minimum absolute atomic E-state index is 0.0332. The minimum atomic E-state index is -0.670. The van der Waals surface area contributed by atoms with E-state index >= 15 is 0 Å². The van der Waals surface area contributed by atoms with Crippen LogP contribution in [0.3, 0.4) is 0 Å². The number of hydrogen-bond donors (Lipinski definition) is 1. The topological polar surface area (TPSA) is 102 Å². The molecule has 1 N–H and O–H groups in total. The third-order valence-corrected chi connectivity index (χ3v) is 11.8. The fourth-order valence-corrected chi connectivity index (χ4v) is 8.70. The third kappa shape index (κ3) is 7.41. The Morgan fingerprint density at radius 1 is 0.638 bits per heavy atom. The van der Waals surface area contributed by atoms with Crippen molar-refractivity contribution in [3.8, 4) is 33.7 Å². The van der Waals surface area contributed by atoms with Crippen LogP contribution in [0.2, 0.25) is 0 Å². The van der Waals surface area contributed by atoms with Crippen LogP contribution in [0.1, 0.15) is 62.3 Å². The van der Waals surface area contributed by atoms with E-state index in [-0.39, 0.29) is 43.1 Å². The second-order valence-electron chi connectivity index (χ2n) is 14.5. The summed E-state index contributed by atoms with van der Waals surface area (Å²) in [6, 6.07) is 50.9. The molecule has 9 rings (SSSR count). The molecular formula is C49H40N2O6S. The standard InChI is InChI=1S/C49H40N2O6S/c1-31-42(30-58-49-50-43(34-12-4-2-5-13-34)45(57-49)35-14-6-3-7-15-35)55-48(56-44(31)36-22-20-32(29-52)21-23-36)37-26-24-33(25-27-37)39-17-9-8-16-38(39)28-51-46(53)40-18-10-11-19-41(40)47(51)54/h2-27,31,42,44,48,52H,28-30H2,1H3/t31-,42+,44+,48+/m0/s1. The van der Waals surface area contributed by atoms with Crippen LogP contribution in [0.4, 0.5) is 0 Å².